The van der Waals surface area contributed by atoms with E-state index in [-0.39, 0.29) is 38.0 Å². The van der Waals surface area contributed by atoms with Crippen molar-refractivity contribution >= 4 is 18.0 Å². The van der Waals surface area contributed by atoms with Crippen LogP contribution < -0.4 is 10.6 Å². The van der Waals surface area contributed by atoms with E-state index in [0.717, 1.165) is 22.3 Å². The molecule has 2 aromatic rings. The van der Waals surface area contributed by atoms with Gasteiger partial charge >= 0.3 is 12.1 Å². The third-order valence-corrected chi connectivity index (χ3v) is 6.19. The largest absolute Gasteiger partial charge is 0.481 e. The molecule has 35 heavy (non-hydrogen) atoms. The lowest BCUT2D eigenvalue weighted by molar-refractivity contribution is -0.138. The first-order valence-corrected chi connectivity index (χ1v) is 11.9. The highest BCUT2D eigenvalue weighted by Gasteiger charge is 2.29. The summed E-state index contributed by atoms with van der Waals surface area (Å²) in [6, 6.07) is 16.2. The molecule has 1 aliphatic carbocycles. The molecule has 188 valence electrons. The van der Waals surface area contributed by atoms with E-state index in [1.807, 2.05) is 50.2 Å². The van der Waals surface area contributed by atoms with Gasteiger partial charge in [0, 0.05) is 26.0 Å². The number of aliphatic carboxylic acids is 1. The molecule has 1 aliphatic rings. The van der Waals surface area contributed by atoms with Gasteiger partial charge < -0.3 is 25.2 Å². The summed E-state index contributed by atoms with van der Waals surface area (Å²) >= 11 is 0. The average Bonchev–Trinajstić information content (AvgIpc) is 3.14. The van der Waals surface area contributed by atoms with Crippen LogP contribution >= 0.6 is 0 Å². The van der Waals surface area contributed by atoms with Crippen molar-refractivity contribution in [3.05, 3.63) is 59.7 Å². The van der Waals surface area contributed by atoms with Crippen LogP contribution in [0.1, 0.15) is 43.7 Å². The minimum absolute atomic E-state index is 0.0197. The number of hydrogen-bond donors (Lipinski definition) is 3. The van der Waals surface area contributed by atoms with Crippen LogP contribution in [0.2, 0.25) is 0 Å². The Bertz CT molecular complexity index is 992. The molecule has 3 N–H and O–H groups in total. The number of ether oxygens (including phenoxy) is 2. The Morgan fingerprint density at radius 1 is 0.943 bits per heavy atom. The fraction of sp³-hybridized carbons (Fsp3) is 0.444. The molecule has 8 nitrogen and oxygen atoms in total. The molecule has 8 heteroatoms. The number of fused-ring (bicyclic) bond motifs is 3. The zero-order valence-electron chi connectivity index (χ0n) is 20.5. The number of hydrogen-bond acceptors (Lipinski definition) is 5. The number of nitrogens with one attached hydrogen (secondary N) is 2. The van der Waals surface area contributed by atoms with Gasteiger partial charge in [0.15, 0.2) is 6.10 Å². The zero-order chi connectivity index (χ0) is 25.4. The summed E-state index contributed by atoms with van der Waals surface area (Å²) in [7, 11) is 1.38. The van der Waals surface area contributed by atoms with E-state index < -0.39 is 24.1 Å². The quantitative estimate of drug-likeness (QED) is 0.424. The van der Waals surface area contributed by atoms with Crippen molar-refractivity contribution in [1.29, 1.82) is 0 Å². The Kier molecular flexibility index (Phi) is 9.25. The highest BCUT2D eigenvalue weighted by molar-refractivity contribution is 5.82. The smallest absolute Gasteiger partial charge is 0.407 e. The van der Waals surface area contributed by atoms with E-state index in [2.05, 4.69) is 22.8 Å². The van der Waals surface area contributed by atoms with E-state index >= 15 is 0 Å². The Morgan fingerprint density at radius 3 is 2.09 bits per heavy atom. The minimum Gasteiger partial charge on any atom is -0.481 e. The number of alkyl carbamates (subject to hydrolysis) is 1. The van der Waals surface area contributed by atoms with Crippen LogP contribution in [0.3, 0.4) is 0 Å². The van der Waals surface area contributed by atoms with Crippen LogP contribution in [0.15, 0.2) is 48.5 Å². The molecule has 0 saturated carbocycles. The molecular formula is C27H34N2O6. The van der Waals surface area contributed by atoms with Gasteiger partial charge in [0.05, 0.1) is 6.54 Å². The molecule has 0 bridgehead atoms. The number of rotatable bonds is 12. The molecular weight excluding hydrogens is 448 g/mol. The average molecular weight is 483 g/mol. The van der Waals surface area contributed by atoms with Crippen molar-refractivity contribution in [1.82, 2.24) is 10.6 Å². The van der Waals surface area contributed by atoms with Crippen molar-refractivity contribution in [2.75, 3.05) is 26.8 Å². The van der Waals surface area contributed by atoms with Crippen LogP contribution in [0.25, 0.3) is 11.1 Å². The predicted octanol–water partition coefficient (Wildman–Crippen LogP) is 3.79. The van der Waals surface area contributed by atoms with Crippen molar-refractivity contribution in [2.24, 2.45) is 11.8 Å². The summed E-state index contributed by atoms with van der Waals surface area (Å²) in [5, 5.41) is 14.4. The van der Waals surface area contributed by atoms with Crippen LogP contribution in [0.5, 0.6) is 0 Å². The summed E-state index contributed by atoms with van der Waals surface area (Å²) in [6.07, 6.45) is -0.888. The van der Waals surface area contributed by atoms with Gasteiger partial charge in [0.2, 0.25) is 0 Å². The van der Waals surface area contributed by atoms with Gasteiger partial charge in [-0.05, 0) is 40.5 Å². The minimum atomic E-state index is -0.917. The maximum atomic E-state index is 12.5. The second-order valence-corrected chi connectivity index (χ2v) is 9.27. The van der Waals surface area contributed by atoms with Crippen LogP contribution in [-0.2, 0) is 19.1 Å². The van der Waals surface area contributed by atoms with Gasteiger partial charge in [0.25, 0.3) is 5.91 Å². The number of benzene rings is 2. The SMILES string of the molecule is COC(CNC(=O)OCC1c2ccccc2-c2ccccc21)C(=O)NCC(CC(=O)O)CC(C)C. The fourth-order valence-corrected chi connectivity index (χ4v) is 4.62. The zero-order valence-corrected chi connectivity index (χ0v) is 20.5. The van der Waals surface area contributed by atoms with E-state index in [4.69, 9.17) is 14.6 Å². The van der Waals surface area contributed by atoms with E-state index in [1.54, 1.807) is 0 Å². The van der Waals surface area contributed by atoms with Crippen molar-refractivity contribution < 1.29 is 29.0 Å². The maximum absolute atomic E-state index is 12.5. The Labute approximate surface area is 206 Å². The topological polar surface area (TPSA) is 114 Å². The molecule has 0 saturated heterocycles. The molecule has 2 amide bonds. The molecule has 0 aliphatic heterocycles. The van der Waals surface area contributed by atoms with E-state index in [1.165, 1.54) is 7.11 Å². The molecule has 0 fully saturated rings. The number of carbonyl (C=O) groups excluding carboxylic acids is 2. The maximum Gasteiger partial charge on any atom is 0.407 e. The van der Waals surface area contributed by atoms with Gasteiger partial charge in [-0.3, -0.25) is 9.59 Å². The molecule has 2 aromatic carbocycles. The number of amides is 2. The molecule has 2 unspecified atom stereocenters. The lowest BCUT2D eigenvalue weighted by atomic mass is 9.94. The molecule has 0 spiro atoms. The van der Waals surface area contributed by atoms with Gasteiger partial charge in [-0.2, -0.15) is 0 Å². The lowest BCUT2D eigenvalue weighted by Gasteiger charge is -2.21. The first-order valence-electron chi connectivity index (χ1n) is 11.9. The summed E-state index contributed by atoms with van der Waals surface area (Å²) in [5.41, 5.74) is 4.53. The van der Waals surface area contributed by atoms with Crippen molar-refractivity contribution in [2.45, 2.75) is 38.7 Å². The number of carboxylic acids is 1. The third kappa shape index (κ3) is 7.05. The van der Waals surface area contributed by atoms with Gasteiger partial charge in [0.1, 0.15) is 6.61 Å². The Hall–Kier alpha value is -3.39. The van der Waals surface area contributed by atoms with Gasteiger partial charge in [-0.25, -0.2) is 4.79 Å². The number of carbonyl (C=O) groups is 3. The number of carboxylic acid groups (broad SMARTS) is 1. The summed E-state index contributed by atoms with van der Waals surface area (Å²) in [4.78, 5) is 36.0. The fourth-order valence-electron chi connectivity index (χ4n) is 4.62. The van der Waals surface area contributed by atoms with Crippen LogP contribution in [-0.4, -0.2) is 56.0 Å². The first kappa shape index (κ1) is 26.2. The number of methoxy groups -OCH3 is 1. The van der Waals surface area contributed by atoms with Crippen molar-refractivity contribution in [3.63, 3.8) is 0 Å². The van der Waals surface area contributed by atoms with Crippen molar-refractivity contribution in [3.8, 4) is 11.1 Å². The highest BCUT2D eigenvalue weighted by Crippen LogP contribution is 2.44. The molecule has 0 radical (unpaired) electrons. The van der Waals surface area contributed by atoms with Gasteiger partial charge in [-0.15, -0.1) is 0 Å². The second-order valence-electron chi connectivity index (χ2n) is 9.27. The lowest BCUT2D eigenvalue weighted by Crippen LogP contribution is -2.45. The molecule has 0 heterocycles. The highest BCUT2D eigenvalue weighted by atomic mass is 16.5. The molecule has 0 aromatic heterocycles. The predicted molar refractivity (Wildman–Crippen MR) is 132 cm³/mol. The Balaban J connectivity index is 1.49. The monoisotopic (exact) mass is 482 g/mol. The third-order valence-electron chi connectivity index (χ3n) is 6.19. The van der Waals surface area contributed by atoms with Crippen LogP contribution in [0.4, 0.5) is 4.79 Å². The van der Waals surface area contributed by atoms with E-state index in [9.17, 15) is 14.4 Å². The van der Waals surface area contributed by atoms with E-state index in [0.29, 0.717) is 12.3 Å². The summed E-state index contributed by atoms with van der Waals surface area (Å²) < 4.78 is 10.7. The Morgan fingerprint density at radius 2 is 1.54 bits per heavy atom. The normalized spacial score (nSPS) is 14.1. The first-order chi connectivity index (χ1) is 16.8. The summed E-state index contributed by atoms with van der Waals surface area (Å²) in [6.45, 7) is 4.36. The second kappa shape index (κ2) is 12.4. The molecule has 2 atom stereocenters. The standard InChI is InChI=1S/C27H34N2O6/c1-17(2)12-18(13-25(30)31)14-28-26(32)24(34-3)15-29-27(33)35-16-23-21-10-6-4-8-19(21)20-9-5-7-11-22(20)23/h4-11,17-18,23-24H,12-16H2,1-3H3,(H,28,32)(H,29,33)(H,30,31). The summed E-state index contributed by atoms with van der Waals surface area (Å²) in [5.74, 6) is -1.23. The van der Waals surface area contributed by atoms with Crippen LogP contribution in [0, 0.1) is 11.8 Å². The van der Waals surface area contributed by atoms with Gasteiger partial charge in [-0.1, -0.05) is 62.4 Å². The molecule has 3 rings (SSSR count).